The number of rotatable bonds is 8. The Bertz CT molecular complexity index is 1180. The molecule has 2 aromatic rings. The van der Waals surface area contributed by atoms with Gasteiger partial charge in [-0.25, -0.2) is 18.2 Å². The number of nitrogens with one attached hydrogen (secondary N) is 2. The number of carbonyl (C=O) groups is 2. The summed E-state index contributed by atoms with van der Waals surface area (Å²) in [5, 5.41) is 6.28. The minimum absolute atomic E-state index is 0.0917. The van der Waals surface area contributed by atoms with Gasteiger partial charge in [-0.05, 0) is 71.4 Å². The molecular weight excluding hydrogens is 486 g/mol. The van der Waals surface area contributed by atoms with Crippen LogP contribution in [-0.2, 0) is 14.6 Å². The fourth-order valence-corrected chi connectivity index (χ4v) is 7.51. The van der Waals surface area contributed by atoms with Crippen LogP contribution in [0.5, 0.6) is 0 Å². The van der Waals surface area contributed by atoms with Crippen LogP contribution in [0, 0.1) is 0 Å². The van der Waals surface area contributed by atoms with Gasteiger partial charge in [-0.3, -0.25) is 4.79 Å². The van der Waals surface area contributed by atoms with Crippen LogP contribution in [0.4, 0.5) is 4.79 Å². The minimum Gasteiger partial charge on any atom is -0.447 e. The lowest BCUT2D eigenvalue weighted by molar-refractivity contribution is 0.0955. The molecule has 190 valence electrons. The molecule has 2 aliphatic carbocycles. The van der Waals surface area contributed by atoms with Gasteiger partial charge in [0.05, 0.1) is 26.1 Å². The number of aromatic nitrogens is 1. The first-order valence-corrected chi connectivity index (χ1v) is 14.6. The second-order valence-electron chi connectivity index (χ2n) is 9.52. The zero-order valence-corrected chi connectivity index (χ0v) is 22.0. The molecule has 0 atom stereocenters. The van der Waals surface area contributed by atoms with Gasteiger partial charge >= 0.3 is 6.09 Å². The first-order valence-electron chi connectivity index (χ1n) is 12.3. The third-order valence-corrected chi connectivity index (χ3v) is 9.87. The molecule has 10 heteroatoms. The first-order chi connectivity index (χ1) is 16.7. The molecular formula is C25H33N3O5S2. The highest BCUT2D eigenvalue weighted by molar-refractivity contribution is 7.92. The van der Waals surface area contributed by atoms with Crippen LogP contribution in [0.3, 0.4) is 0 Å². The van der Waals surface area contributed by atoms with E-state index < -0.39 is 9.84 Å². The predicted molar refractivity (Wildman–Crippen MR) is 136 cm³/mol. The molecule has 2 saturated carbocycles. The van der Waals surface area contributed by atoms with E-state index in [4.69, 9.17) is 4.74 Å². The van der Waals surface area contributed by atoms with Crippen LogP contribution in [0.2, 0.25) is 0 Å². The van der Waals surface area contributed by atoms with Crippen molar-refractivity contribution in [1.82, 2.24) is 15.6 Å². The van der Waals surface area contributed by atoms with Crippen molar-refractivity contribution in [3.63, 3.8) is 0 Å². The molecule has 8 nitrogen and oxygen atoms in total. The fraction of sp³-hybridized carbons (Fsp3) is 0.560. The van der Waals surface area contributed by atoms with Crippen molar-refractivity contribution in [3.05, 3.63) is 35.0 Å². The third-order valence-electron chi connectivity index (χ3n) is 6.38. The van der Waals surface area contributed by atoms with Gasteiger partial charge in [-0.2, -0.15) is 0 Å². The quantitative estimate of drug-likeness (QED) is 0.524. The Morgan fingerprint density at radius 2 is 1.86 bits per heavy atom. The molecule has 1 aromatic heterocycles. The average molecular weight is 520 g/mol. The van der Waals surface area contributed by atoms with Gasteiger partial charge in [0, 0.05) is 35.8 Å². The molecule has 35 heavy (non-hydrogen) atoms. The predicted octanol–water partition coefficient (Wildman–Crippen LogP) is 4.66. The second-order valence-corrected chi connectivity index (χ2v) is 12.8. The second kappa shape index (κ2) is 10.7. The molecule has 2 N–H and O–H groups in total. The maximum Gasteiger partial charge on any atom is 0.407 e. The van der Waals surface area contributed by atoms with Crippen molar-refractivity contribution in [1.29, 1.82) is 0 Å². The van der Waals surface area contributed by atoms with E-state index in [-0.39, 0.29) is 40.2 Å². The van der Waals surface area contributed by atoms with E-state index in [1.807, 2.05) is 20.8 Å². The Labute approximate surface area is 210 Å². The maximum atomic E-state index is 13.2. The monoisotopic (exact) mass is 519 g/mol. The molecule has 2 fully saturated rings. The third kappa shape index (κ3) is 6.03. The van der Waals surface area contributed by atoms with Crippen molar-refractivity contribution >= 4 is 33.2 Å². The zero-order valence-electron chi connectivity index (χ0n) is 20.4. The number of hydrogen-bond donors (Lipinski definition) is 2. The number of benzene rings is 1. The first kappa shape index (κ1) is 25.6. The smallest absolute Gasteiger partial charge is 0.407 e. The molecule has 2 aliphatic rings. The van der Waals surface area contributed by atoms with Crippen LogP contribution in [0.25, 0.3) is 10.4 Å². The van der Waals surface area contributed by atoms with E-state index >= 15 is 0 Å². The van der Waals surface area contributed by atoms with E-state index in [0.29, 0.717) is 30.5 Å². The lowest BCUT2D eigenvalue weighted by Crippen LogP contribution is -2.38. The minimum atomic E-state index is -3.51. The van der Waals surface area contributed by atoms with Crippen LogP contribution >= 0.6 is 11.3 Å². The summed E-state index contributed by atoms with van der Waals surface area (Å²) in [7, 11) is -3.51. The molecule has 1 heterocycles. The van der Waals surface area contributed by atoms with Gasteiger partial charge in [0.15, 0.2) is 9.84 Å². The number of ether oxygens (including phenoxy) is 1. The van der Waals surface area contributed by atoms with E-state index in [1.165, 1.54) is 17.4 Å². The van der Waals surface area contributed by atoms with Crippen molar-refractivity contribution in [2.24, 2.45) is 0 Å². The summed E-state index contributed by atoms with van der Waals surface area (Å²) in [5.41, 5.74) is 0.960. The van der Waals surface area contributed by atoms with Gasteiger partial charge in [-0.15, -0.1) is 11.3 Å². The van der Waals surface area contributed by atoms with E-state index in [2.05, 4.69) is 15.6 Å². The summed E-state index contributed by atoms with van der Waals surface area (Å²) in [5.74, 6) is -0.00931. The van der Waals surface area contributed by atoms with Gasteiger partial charge in [-0.1, -0.05) is 6.07 Å². The average Bonchev–Trinajstić information content (AvgIpc) is 3.57. The normalized spacial score (nSPS) is 20.5. The van der Waals surface area contributed by atoms with Crippen LogP contribution < -0.4 is 10.6 Å². The van der Waals surface area contributed by atoms with Crippen LogP contribution in [0.15, 0.2) is 29.3 Å². The number of carbonyl (C=O) groups excluding carboxylic acids is 2. The summed E-state index contributed by atoms with van der Waals surface area (Å²) < 4.78 is 31.6. The summed E-state index contributed by atoms with van der Waals surface area (Å²) in [6.07, 6.45) is 6.00. The standard InChI is InChI=1S/C25H33N3O5S2/c1-4-26-23(29)17-7-12-20(22(13-17)35(31,32)19-10-11-19)21-14-27-24(34-21)16-5-8-18(9-6-16)28-25(30)33-15(2)3/h7,12-16,18-19H,4-6,8-11H2,1-3H3,(H,26,29)(H,28,30). The number of alkyl carbamates (subject to hydrolysis) is 1. The van der Waals surface area contributed by atoms with Crippen molar-refractivity contribution in [3.8, 4) is 10.4 Å². The SMILES string of the molecule is CCNC(=O)c1ccc(-c2cnc(C3CCC(NC(=O)OC(C)C)CC3)s2)c(S(=O)(=O)C2CC2)c1. The molecule has 0 spiro atoms. The Morgan fingerprint density at radius 3 is 2.49 bits per heavy atom. The molecule has 0 radical (unpaired) electrons. The van der Waals surface area contributed by atoms with Crippen molar-refractivity contribution in [2.45, 2.75) is 87.5 Å². The topological polar surface area (TPSA) is 114 Å². The fourth-order valence-electron chi connectivity index (χ4n) is 4.42. The highest BCUT2D eigenvalue weighted by Gasteiger charge is 2.39. The van der Waals surface area contributed by atoms with Crippen molar-refractivity contribution in [2.75, 3.05) is 6.54 Å². The highest BCUT2D eigenvalue weighted by atomic mass is 32.2. The highest BCUT2D eigenvalue weighted by Crippen LogP contribution is 2.42. The lowest BCUT2D eigenvalue weighted by atomic mass is 9.86. The number of amides is 2. The summed E-state index contributed by atoms with van der Waals surface area (Å²) in [6, 6.07) is 5.02. The van der Waals surface area contributed by atoms with E-state index in [9.17, 15) is 18.0 Å². The molecule has 0 unspecified atom stereocenters. The number of sulfone groups is 1. The molecule has 0 saturated heterocycles. The number of hydrogen-bond acceptors (Lipinski definition) is 7. The number of nitrogens with zero attached hydrogens (tertiary/aromatic N) is 1. The Hall–Kier alpha value is -2.46. The van der Waals surface area contributed by atoms with E-state index in [0.717, 1.165) is 35.6 Å². The molecule has 0 aliphatic heterocycles. The molecule has 0 bridgehead atoms. The molecule has 1 aromatic carbocycles. The van der Waals surface area contributed by atoms with Crippen molar-refractivity contribution < 1.29 is 22.7 Å². The summed E-state index contributed by atoms with van der Waals surface area (Å²) in [4.78, 5) is 29.9. The summed E-state index contributed by atoms with van der Waals surface area (Å²) >= 11 is 1.51. The zero-order chi connectivity index (χ0) is 25.2. The largest absolute Gasteiger partial charge is 0.447 e. The Kier molecular flexibility index (Phi) is 7.80. The summed E-state index contributed by atoms with van der Waals surface area (Å²) in [6.45, 7) is 5.95. The van der Waals surface area contributed by atoms with Gasteiger partial charge in [0.1, 0.15) is 0 Å². The molecule has 2 amide bonds. The van der Waals surface area contributed by atoms with Crippen LogP contribution in [-0.4, -0.2) is 49.3 Å². The Balaban J connectivity index is 1.51. The number of thiazole rings is 1. The Morgan fingerprint density at radius 1 is 1.14 bits per heavy atom. The van der Waals surface area contributed by atoms with Gasteiger partial charge in [0.2, 0.25) is 0 Å². The maximum absolute atomic E-state index is 13.2. The lowest BCUT2D eigenvalue weighted by Gasteiger charge is -2.28. The van der Waals surface area contributed by atoms with Crippen LogP contribution in [0.1, 0.15) is 80.6 Å². The molecule has 4 rings (SSSR count). The van der Waals surface area contributed by atoms with Gasteiger partial charge < -0.3 is 15.4 Å². The van der Waals surface area contributed by atoms with Gasteiger partial charge in [0.25, 0.3) is 5.91 Å². The van der Waals surface area contributed by atoms with E-state index in [1.54, 1.807) is 18.3 Å².